The molecule has 1 aliphatic carbocycles. The molecule has 76 valence electrons. The topological polar surface area (TPSA) is 60.5 Å². The Morgan fingerprint density at radius 3 is 3.00 bits per heavy atom. The smallest absolute Gasteiger partial charge is 0.180 e. The molecular weight excluding hydrogens is 198 g/mol. The fourth-order valence-corrected chi connectivity index (χ4v) is 1.74. The molecule has 1 fully saturated rings. The van der Waals surface area contributed by atoms with E-state index in [1.165, 1.54) is 17.8 Å². The lowest BCUT2D eigenvalue weighted by molar-refractivity contribution is 0.00602. The summed E-state index contributed by atoms with van der Waals surface area (Å²) >= 11 is 1.42. The van der Waals surface area contributed by atoms with Gasteiger partial charge < -0.3 is 10.6 Å². The van der Waals surface area contributed by atoms with Crippen LogP contribution < -0.4 is 5.73 Å². The summed E-state index contributed by atoms with van der Waals surface area (Å²) < 4.78 is 0. The Morgan fingerprint density at radius 2 is 2.50 bits per heavy atom. The van der Waals surface area contributed by atoms with E-state index >= 15 is 0 Å². The molecule has 1 aromatic rings. The van der Waals surface area contributed by atoms with Gasteiger partial charge in [-0.2, -0.15) is 0 Å². The summed E-state index contributed by atoms with van der Waals surface area (Å²) in [6, 6.07) is 0. The predicted molar refractivity (Wildman–Crippen MR) is 57.5 cm³/mol. The van der Waals surface area contributed by atoms with Crippen LogP contribution in [-0.2, 0) is 4.84 Å². The first-order valence-corrected chi connectivity index (χ1v) is 5.55. The van der Waals surface area contributed by atoms with E-state index in [1.54, 1.807) is 0 Å². The molecule has 4 nitrogen and oxygen atoms in total. The average Bonchev–Trinajstić information content (AvgIpc) is 2.49. The Balaban J connectivity index is 1.95. The van der Waals surface area contributed by atoms with Gasteiger partial charge in [-0.1, -0.05) is 5.16 Å². The number of anilines is 1. The maximum atomic E-state index is 5.52. The maximum absolute atomic E-state index is 5.52. The number of thiazole rings is 1. The highest BCUT2D eigenvalue weighted by molar-refractivity contribution is 7.13. The molecule has 0 aromatic carbocycles. The van der Waals surface area contributed by atoms with Crippen LogP contribution in [0.5, 0.6) is 0 Å². The first kappa shape index (κ1) is 9.45. The molecule has 5 heteroatoms. The van der Waals surface area contributed by atoms with E-state index in [0.29, 0.717) is 11.2 Å². The molecule has 0 aliphatic heterocycles. The third-order valence-corrected chi connectivity index (χ3v) is 2.96. The van der Waals surface area contributed by atoms with Crippen LogP contribution in [0.15, 0.2) is 10.5 Å². The van der Waals surface area contributed by atoms with E-state index in [0.717, 1.165) is 24.2 Å². The largest absolute Gasteiger partial charge is 0.392 e. The van der Waals surface area contributed by atoms with Crippen LogP contribution >= 0.6 is 11.3 Å². The second-order valence-corrected chi connectivity index (χ2v) is 4.30. The molecule has 1 heterocycles. The van der Waals surface area contributed by atoms with Crippen LogP contribution in [0.4, 0.5) is 5.13 Å². The van der Waals surface area contributed by atoms with Crippen molar-refractivity contribution in [1.29, 1.82) is 0 Å². The summed E-state index contributed by atoms with van der Waals surface area (Å²) in [4.78, 5) is 9.43. The van der Waals surface area contributed by atoms with Crippen LogP contribution in [0.1, 0.15) is 31.9 Å². The molecule has 2 N–H and O–H groups in total. The lowest BCUT2D eigenvalue weighted by Gasteiger charge is -2.22. The van der Waals surface area contributed by atoms with Crippen molar-refractivity contribution in [3.05, 3.63) is 11.1 Å². The molecule has 0 radical (unpaired) electrons. The summed E-state index contributed by atoms with van der Waals surface area (Å²) in [5.41, 5.74) is 7.13. The van der Waals surface area contributed by atoms with E-state index in [9.17, 15) is 0 Å². The van der Waals surface area contributed by atoms with Crippen molar-refractivity contribution in [3.63, 3.8) is 0 Å². The van der Waals surface area contributed by atoms with Gasteiger partial charge in [-0.3, -0.25) is 0 Å². The average molecular weight is 211 g/mol. The maximum Gasteiger partial charge on any atom is 0.180 e. The fourth-order valence-electron chi connectivity index (χ4n) is 1.13. The SMILES string of the molecule is C/C(=N\OC1CCC1)c1csc(N)n1. The van der Waals surface area contributed by atoms with E-state index < -0.39 is 0 Å². The highest BCUT2D eigenvalue weighted by Crippen LogP contribution is 2.22. The van der Waals surface area contributed by atoms with E-state index in [4.69, 9.17) is 10.6 Å². The van der Waals surface area contributed by atoms with Crippen molar-refractivity contribution < 1.29 is 4.84 Å². The van der Waals surface area contributed by atoms with Gasteiger partial charge in [-0.05, 0) is 26.2 Å². The zero-order valence-electron chi connectivity index (χ0n) is 8.06. The van der Waals surface area contributed by atoms with Gasteiger partial charge in [0, 0.05) is 5.38 Å². The Labute approximate surface area is 86.8 Å². The van der Waals surface area contributed by atoms with Crippen molar-refractivity contribution in [2.24, 2.45) is 5.16 Å². The zero-order chi connectivity index (χ0) is 9.97. The lowest BCUT2D eigenvalue weighted by Crippen LogP contribution is -2.19. The fraction of sp³-hybridized carbons (Fsp3) is 0.556. The van der Waals surface area contributed by atoms with Crippen LogP contribution in [0, 0.1) is 0 Å². The number of aromatic nitrogens is 1. The van der Waals surface area contributed by atoms with Gasteiger partial charge in [0.15, 0.2) is 5.13 Å². The molecule has 1 saturated carbocycles. The summed E-state index contributed by atoms with van der Waals surface area (Å²) in [6.45, 7) is 1.88. The second-order valence-electron chi connectivity index (χ2n) is 3.41. The summed E-state index contributed by atoms with van der Waals surface area (Å²) in [6.07, 6.45) is 3.82. The Kier molecular flexibility index (Phi) is 2.67. The monoisotopic (exact) mass is 211 g/mol. The van der Waals surface area contributed by atoms with Crippen molar-refractivity contribution in [1.82, 2.24) is 4.98 Å². The van der Waals surface area contributed by atoms with Crippen LogP contribution in [-0.4, -0.2) is 16.8 Å². The molecule has 0 amide bonds. The Morgan fingerprint density at radius 1 is 1.71 bits per heavy atom. The molecule has 14 heavy (non-hydrogen) atoms. The Bertz CT molecular complexity index is 344. The third kappa shape index (κ3) is 2.04. The van der Waals surface area contributed by atoms with E-state index in [-0.39, 0.29) is 0 Å². The first-order valence-electron chi connectivity index (χ1n) is 4.67. The summed E-state index contributed by atoms with van der Waals surface area (Å²) in [5.74, 6) is 0. The minimum atomic E-state index is 0.320. The van der Waals surface area contributed by atoms with Gasteiger partial charge in [-0.15, -0.1) is 11.3 Å². The van der Waals surface area contributed by atoms with Gasteiger partial charge in [0.05, 0.1) is 0 Å². The summed E-state index contributed by atoms with van der Waals surface area (Å²) in [7, 11) is 0. The number of rotatable bonds is 3. The van der Waals surface area contributed by atoms with Crippen molar-refractivity contribution in [3.8, 4) is 0 Å². The molecule has 0 atom stereocenters. The highest BCUT2D eigenvalue weighted by atomic mass is 32.1. The van der Waals surface area contributed by atoms with Crippen molar-refractivity contribution >= 4 is 22.2 Å². The predicted octanol–water partition coefficient (Wildman–Crippen LogP) is 2.02. The minimum Gasteiger partial charge on any atom is -0.392 e. The molecular formula is C9H13N3OS. The lowest BCUT2D eigenvalue weighted by atomic mass is 9.97. The van der Waals surface area contributed by atoms with Crippen LogP contribution in [0.3, 0.4) is 0 Å². The van der Waals surface area contributed by atoms with Crippen molar-refractivity contribution in [2.45, 2.75) is 32.3 Å². The second kappa shape index (κ2) is 3.96. The molecule has 1 aromatic heterocycles. The molecule has 1 aliphatic rings. The molecule has 0 spiro atoms. The normalized spacial score (nSPS) is 17.9. The number of nitrogen functional groups attached to an aromatic ring is 1. The molecule has 2 rings (SSSR count). The number of hydrogen-bond donors (Lipinski definition) is 1. The standard InChI is InChI=1S/C9H13N3OS/c1-6(8-5-14-9(10)11-8)12-13-7-3-2-4-7/h5,7H,2-4H2,1H3,(H2,10,11)/b12-6+. The molecule has 0 bridgehead atoms. The quantitative estimate of drug-likeness (QED) is 0.614. The third-order valence-electron chi connectivity index (χ3n) is 2.28. The van der Waals surface area contributed by atoms with Gasteiger partial charge in [0.2, 0.25) is 0 Å². The first-order chi connectivity index (χ1) is 6.75. The van der Waals surface area contributed by atoms with Gasteiger partial charge in [0.25, 0.3) is 0 Å². The zero-order valence-corrected chi connectivity index (χ0v) is 8.88. The number of nitrogens with zero attached hydrogens (tertiary/aromatic N) is 2. The van der Waals surface area contributed by atoms with E-state index in [1.807, 2.05) is 12.3 Å². The Hall–Kier alpha value is -1.10. The summed E-state index contributed by atoms with van der Waals surface area (Å²) in [5, 5.41) is 6.49. The highest BCUT2D eigenvalue weighted by Gasteiger charge is 2.18. The van der Waals surface area contributed by atoms with Gasteiger partial charge in [-0.25, -0.2) is 4.98 Å². The van der Waals surface area contributed by atoms with Gasteiger partial charge >= 0.3 is 0 Å². The number of oxime groups is 1. The molecule has 0 saturated heterocycles. The van der Waals surface area contributed by atoms with E-state index in [2.05, 4.69) is 10.1 Å². The minimum absolute atomic E-state index is 0.320. The molecule has 0 unspecified atom stereocenters. The van der Waals surface area contributed by atoms with Crippen LogP contribution in [0.2, 0.25) is 0 Å². The number of nitrogens with two attached hydrogens (primary N) is 1. The van der Waals surface area contributed by atoms with Gasteiger partial charge in [0.1, 0.15) is 17.5 Å². The van der Waals surface area contributed by atoms with Crippen LogP contribution in [0.25, 0.3) is 0 Å². The van der Waals surface area contributed by atoms with Crippen molar-refractivity contribution in [2.75, 3.05) is 5.73 Å². The number of hydrogen-bond acceptors (Lipinski definition) is 5.